The van der Waals surface area contributed by atoms with E-state index in [-0.39, 0.29) is 11.4 Å². The molecule has 0 bridgehead atoms. The lowest BCUT2D eigenvalue weighted by molar-refractivity contribution is 0.00470. The normalized spacial score (nSPS) is 30.4. The summed E-state index contributed by atoms with van der Waals surface area (Å²) >= 11 is 0. The molecule has 124 valence electrons. The molecule has 1 aliphatic heterocycles. The van der Waals surface area contributed by atoms with Crippen molar-refractivity contribution in [1.29, 1.82) is 0 Å². The van der Waals surface area contributed by atoms with Gasteiger partial charge in [-0.2, -0.15) is 0 Å². The van der Waals surface area contributed by atoms with Gasteiger partial charge in [-0.15, -0.1) is 0 Å². The molecule has 1 aromatic rings. The molecule has 3 rings (SSSR count). The molecule has 0 aromatic carbocycles. The highest BCUT2D eigenvalue weighted by atomic mass is 19.1. The summed E-state index contributed by atoms with van der Waals surface area (Å²) in [5, 5.41) is 10.1. The number of nitrogens with zero attached hydrogens (tertiary/aromatic N) is 1. The maximum Gasteiger partial charge on any atom is 0.346 e. The number of aromatic amines is 1. The Labute approximate surface area is 132 Å². The van der Waals surface area contributed by atoms with E-state index in [4.69, 9.17) is 10.5 Å². The van der Waals surface area contributed by atoms with Crippen LogP contribution >= 0.6 is 0 Å². The first kappa shape index (κ1) is 15.9. The lowest BCUT2D eigenvalue weighted by Crippen LogP contribution is -2.28. The third kappa shape index (κ3) is 3.35. The van der Waals surface area contributed by atoms with Crippen molar-refractivity contribution in [2.75, 3.05) is 5.73 Å². The van der Waals surface area contributed by atoms with Crippen molar-refractivity contribution >= 4 is 5.82 Å². The molecule has 1 fully saturated rings. The summed E-state index contributed by atoms with van der Waals surface area (Å²) < 4.78 is 20.1. The molecule has 0 saturated carbocycles. The minimum atomic E-state index is -1.60. The van der Waals surface area contributed by atoms with Crippen LogP contribution in [-0.4, -0.2) is 33.5 Å². The van der Waals surface area contributed by atoms with Crippen molar-refractivity contribution in [1.82, 2.24) is 9.97 Å². The quantitative estimate of drug-likeness (QED) is 0.781. The van der Waals surface area contributed by atoms with Gasteiger partial charge < -0.3 is 15.6 Å². The monoisotopic (exact) mass is 321 g/mol. The van der Waals surface area contributed by atoms with Gasteiger partial charge in [0.2, 0.25) is 0 Å². The average Bonchev–Trinajstić information content (AvgIpc) is 2.82. The van der Waals surface area contributed by atoms with E-state index >= 15 is 0 Å². The molecule has 7 heteroatoms. The van der Waals surface area contributed by atoms with Gasteiger partial charge >= 0.3 is 5.69 Å². The van der Waals surface area contributed by atoms with E-state index in [1.54, 1.807) is 0 Å². The van der Waals surface area contributed by atoms with Gasteiger partial charge in [0.1, 0.15) is 18.0 Å². The van der Waals surface area contributed by atoms with Gasteiger partial charge in [0.15, 0.2) is 6.17 Å². The topological polar surface area (TPSA) is 101 Å². The SMILES string of the molecule is Nc1[nH]c(=O)ncc1[C@H]1O[C@@H](CCC2=CC=CCC2)[C@@H](O)[C@H]1F. The largest absolute Gasteiger partial charge is 0.387 e. The molecule has 2 aliphatic rings. The molecule has 0 radical (unpaired) electrons. The highest BCUT2D eigenvalue weighted by molar-refractivity contribution is 5.39. The number of aliphatic hydroxyl groups is 1. The Morgan fingerprint density at radius 1 is 1.52 bits per heavy atom. The van der Waals surface area contributed by atoms with Crippen molar-refractivity contribution in [2.45, 2.75) is 50.2 Å². The van der Waals surface area contributed by atoms with E-state index < -0.39 is 30.2 Å². The first-order valence-corrected chi connectivity index (χ1v) is 7.73. The Morgan fingerprint density at radius 2 is 2.35 bits per heavy atom. The number of nitrogen functional groups attached to an aromatic ring is 1. The summed E-state index contributed by atoms with van der Waals surface area (Å²) in [4.78, 5) is 17.0. The molecule has 0 amide bonds. The van der Waals surface area contributed by atoms with Gasteiger partial charge in [0.05, 0.1) is 6.10 Å². The van der Waals surface area contributed by atoms with Gasteiger partial charge in [0, 0.05) is 11.8 Å². The molecule has 4 atom stereocenters. The van der Waals surface area contributed by atoms with E-state index in [2.05, 4.69) is 22.1 Å². The zero-order valence-corrected chi connectivity index (χ0v) is 12.6. The summed E-state index contributed by atoms with van der Waals surface area (Å²) in [5.74, 6) is 0.0191. The predicted molar refractivity (Wildman–Crippen MR) is 83.5 cm³/mol. The van der Waals surface area contributed by atoms with E-state index in [0.29, 0.717) is 6.42 Å². The Balaban J connectivity index is 1.69. The second-order valence-electron chi connectivity index (χ2n) is 5.92. The van der Waals surface area contributed by atoms with Crippen LogP contribution in [0.5, 0.6) is 0 Å². The molecule has 1 aliphatic carbocycles. The molecular weight excluding hydrogens is 301 g/mol. The predicted octanol–water partition coefficient (Wildman–Crippen LogP) is 1.55. The number of hydrogen-bond donors (Lipinski definition) is 3. The smallest absolute Gasteiger partial charge is 0.346 e. The summed E-state index contributed by atoms with van der Waals surface area (Å²) in [7, 11) is 0. The number of aromatic nitrogens is 2. The van der Waals surface area contributed by atoms with Crippen molar-refractivity contribution in [3.8, 4) is 0 Å². The van der Waals surface area contributed by atoms with Gasteiger partial charge in [-0.1, -0.05) is 23.8 Å². The molecule has 2 heterocycles. The minimum Gasteiger partial charge on any atom is -0.387 e. The molecular formula is C16H20FN3O3. The number of ether oxygens (including phenoxy) is 1. The van der Waals surface area contributed by atoms with Crippen LogP contribution in [0.3, 0.4) is 0 Å². The third-order valence-corrected chi connectivity index (χ3v) is 4.35. The molecule has 0 spiro atoms. The summed E-state index contributed by atoms with van der Waals surface area (Å²) in [6.07, 6.45) is 6.22. The number of allylic oxidation sites excluding steroid dienone is 4. The summed E-state index contributed by atoms with van der Waals surface area (Å²) in [6, 6.07) is 0. The highest BCUT2D eigenvalue weighted by Crippen LogP contribution is 2.39. The molecule has 23 heavy (non-hydrogen) atoms. The highest BCUT2D eigenvalue weighted by Gasteiger charge is 2.45. The Kier molecular flexibility index (Phi) is 4.58. The first-order valence-electron chi connectivity index (χ1n) is 7.73. The number of nitrogens with two attached hydrogens (primary N) is 1. The number of hydrogen-bond acceptors (Lipinski definition) is 5. The Hall–Kier alpha value is -1.99. The second kappa shape index (κ2) is 6.64. The van der Waals surface area contributed by atoms with E-state index in [0.717, 1.165) is 19.3 Å². The summed E-state index contributed by atoms with van der Waals surface area (Å²) in [6.45, 7) is 0. The first-order chi connectivity index (χ1) is 11.1. The van der Waals surface area contributed by atoms with Crippen molar-refractivity contribution in [3.05, 3.63) is 46.0 Å². The molecule has 4 N–H and O–H groups in total. The van der Waals surface area contributed by atoms with Crippen LogP contribution < -0.4 is 11.4 Å². The maximum atomic E-state index is 14.4. The van der Waals surface area contributed by atoms with Crippen LogP contribution in [0.4, 0.5) is 10.2 Å². The van der Waals surface area contributed by atoms with Gasteiger partial charge in [-0.05, 0) is 25.7 Å². The van der Waals surface area contributed by atoms with Crippen molar-refractivity contribution in [2.24, 2.45) is 0 Å². The molecule has 1 aromatic heterocycles. The second-order valence-corrected chi connectivity index (χ2v) is 5.92. The number of halogens is 1. The minimum absolute atomic E-state index is 0.0191. The fourth-order valence-corrected chi connectivity index (χ4v) is 3.04. The van der Waals surface area contributed by atoms with E-state index in [9.17, 15) is 14.3 Å². The Morgan fingerprint density at radius 3 is 3.04 bits per heavy atom. The van der Waals surface area contributed by atoms with Crippen LogP contribution in [0.1, 0.15) is 37.4 Å². The maximum absolute atomic E-state index is 14.4. The fraction of sp³-hybridized carbons (Fsp3) is 0.500. The standard InChI is InChI=1S/C16H20FN3O3/c17-12-13(21)11(7-6-9-4-2-1-3-5-9)23-14(12)10-8-19-16(22)20-15(10)18/h1-2,4,8,11-14,21H,3,5-7H2,(H3,18,19,20,22)/t11-,12+,13+,14+/m0/s1. The van der Waals surface area contributed by atoms with Crippen LogP contribution in [0.25, 0.3) is 0 Å². The number of anilines is 1. The van der Waals surface area contributed by atoms with Crippen LogP contribution in [0.15, 0.2) is 34.8 Å². The molecule has 1 saturated heterocycles. The van der Waals surface area contributed by atoms with Crippen LogP contribution in [0.2, 0.25) is 0 Å². The third-order valence-electron chi connectivity index (χ3n) is 4.35. The number of alkyl halides is 1. The van der Waals surface area contributed by atoms with Gasteiger partial charge in [0.25, 0.3) is 0 Å². The zero-order chi connectivity index (χ0) is 16.4. The Bertz CT molecular complexity index is 685. The van der Waals surface area contributed by atoms with Crippen molar-refractivity contribution < 1.29 is 14.2 Å². The van der Waals surface area contributed by atoms with Gasteiger partial charge in [-0.25, -0.2) is 14.2 Å². The summed E-state index contributed by atoms with van der Waals surface area (Å²) in [5.41, 5.74) is 6.64. The number of aliphatic hydroxyl groups excluding tert-OH is 1. The number of nitrogens with one attached hydrogen (secondary N) is 1. The number of rotatable bonds is 4. The fourth-order valence-electron chi connectivity index (χ4n) is 3.04. The van der Waals surface area contributed by atoms with Crippen LogP contribution in [0, 0.1) is 0 Å². The van der Waals surface area contributed by atoms with Crippen molar-refractivity contribution in [3.63, 3.8) is 0 Å². The van der Waals surface area contributed by atoms with E-state index in [1.807, 2.05) is 6.08 Å². The molecule has 0 unspecified atom stereocenters. The lowest BCUT2D eigenvalue weighted by Gasteiger charge is -2.16. The van der Waals surface area contributed by atoms with Crippen LogP contribution in [-0.2, 0) is 4.74 Å². The lowest BCUT2D eigenvalue weighted by atomic mass is 9.96. The average molecular weight is 321 g/mol. The number of H-pyrrole nitrogens is 1. The molecule has 6 nitrogen and oxygen atoms in total. The zero-order valence-electron chi connectivity index (χ0n) is 12.6. The van der Waals surface area contributed by atoms with Gasteiger partial charge in [-0.3, -0.25) is 4.98 Å². The van der Waals surface area contributed by atoms with E-state index in [1.165, 1.54) is 11.8 Å².